The van der Waals surface area contributed by atoms with E-state index in [1.54, 1.807) is 24.3 Å². The van der Waals surface area contributed by atoms with Gasteiger partial charge in [0, 0.05) is 54.9 Å². The number of aromatic hydroxyl groups is 1. The van der Waals surface area contributed by atoms with Crippen molar-refractivity contribution >= 4 is 23.2 Å². The molecule has 3 N–H and O–H groups in total. The fraction of sp³-hybridized carbons (Fsp3) is 0.400. The summed E-state index contributed by atoms with van der Waals surface area (Å²) in [6.45, 7) is 3.54. The molecule has 3 aromatic carbocycles. The largest absolute Gasteiger partial charge is 0.505 e. The van der Waals surface area contributed by atoms with E-state index in [0.717, 1.165) is 16.7 Å². The Morgan fingerprint density at radius 2 is 1.11 bits per heavy atom. The molecule has 2 saturated heterocycles. The zero-order valence-corrected chi connectivity index (χ0v) is 22.7. The van der Waals surface area contributed by atoms with Crippen LogP contribution in [0, 0.1) is 5.82 Å². The minimum absolute atomic E-state index is 0.317. The first kappa shape index (κ1) is 27.4. The smallest absolute Gasteiger partial charge is 0.165 e. The van der Waals surface area contributed by atoms with Gasteiger partial charge < -0.3 is 15.3 Å². The number of aliphatic hydroxyl groups is 2. The van der Waals surface area contributed by atoms with Gasteiger partial charge in [-0.05, 0) is 78.8 Å². The van der Waals surface area contributed by atoms with E-state index < -0.39 is 17.0 Å². The maximum absolute atomic E-state index is 14.7. The molecule has 5 nitrogen and oxygen atoms in total. The average molecular weight is 560 g/mol. The summed E-state index contributed by atoms with van der Waals surface area (Å²) in [4.78, 5) is 4.34. The molecule has 5 rings (SSSR count). The third-order valence-corrected chi connectivity index (χ3v) is 8.64. The van der Waals surface area contributed by atoms with Crippen LogP contribution in [0.15, 0.2) is 60.7 Å². The summed E-state index contributed by atoms with van der Waals surface area (Å²) < 4.78 is 14.7. The van der Waals surface area contributed by atoms with E-state index >= 15 is 0 Å². The maximum atomic E-state index is 14.7. The number of nitrogens with zero attached hydrogens (tertiary/aromatic N) is 2. The lowest BCUT2D eigenvalue weighted by molar-refractivity contribution is -0.0279. The van der Waals surface area contributed by atoms with E-state index in [9.17, 15) is 19.7 Å². The molecular weight excluding hydrogens is 526 g/mol. The van der Waals surface area contributed by atoms with Crippen LogP contribution in [0.1, 0.15) is 47.9 Å². The first-order valence-corrected chi connectivity index (χ1v) is 13.8. The van der Waals surface area contributed by atoms with Gasteiger partial charge in [-0.3, -0.25) is 9.80 Å². The molecule has 2 fully saturated rings. The van der Waals surface area contributed by atoms with Crippen LogP contribution in [-0.2, 0) is 24.3 Å². The molecular formula is C30H33Cl2FN2O3. The van der Waals surface area contributed by atoms with E-state index in [0.29, 0.717) is 80.6 Å². The summed E-state index contributed by atoms with van der Waals surface area (Å²) in [6, 6.07) is 17.9. The highest BCUT2D eigenvalue weighted by Crippen LogP contribution is 2.36. The summed E-state index contributed by atoms with van der Waals surface area (Å²) in [5.41, 5.74) is 1.24. The van der Waals surface area contributed by atoms with Crippen molar-refractivity contribution < 1.29 is 19.7 Å². The topological polar surface area (TPSA) is 67.2 Å². The Morgan fingerprint density at radius 1 is 0.684 bits per heavy atom. The Labute approximate surface area is 233 Å². The third-order valence-electron chi connectivity index (χ3n) is 8.13. The van der Waals surface area contributed by atoms with Crippen molar-refractivity contribution in [2.45, 2.75) is 50.0 Å². The summed E-state index contributed by atoms with van der Waals surface area (Å²) >= 11 is 12.0. The number of hydrogen-bond acceptors (Lipinski definition) is 5. The third kappa shape index (κ3) is 6.01. The Hall–Kier alpha value is -2.19. The number of rotatable bonds is 6. The average Bonchev–Trinajstić information content (AvgIpc) is 2.90. The molecule has 38 heavy (non-hydrogen) atoms. The van der Waals surface area contributed by atoms with Crippen LogP contribution in [0.3, 0.4) is 0 Å². The zero-order valence-electron chi connectivity index (χ0n) is 21.2. The van der Waals surface area contributed by atoms with Crippen molar-refractivity contribution in [1.29, 1.82) is 0 Å². The van der Waals surface area contributed by atoms with E-state index in [-0.39, 0.29) is 5.75 Å². The highest BCUT2D eigenvalue weighted by atomic mass is 35.5. The number of likely N-dealkylation sites (tertiary alicyclic amines) is 2. The molecule has 2 heterocycles. The lowest BCUT2D eigenvalue weighted by Crippen LogP contribution is -2.42. The van der Waals surface area contributed by atoms with Crippen molar-refractivity contribution in [2.24, 2.45) is 0 Å². The van der Waals surface area contributed by atoms with Crippen LogP contribution in [0.4, 0.5) is 4.39 Å². The second-order valence-electron chi connectivity index (χ2n) is 10.7. The van der Waals surface area contributed by atoms with Crippen molar-refractivity contribution in [1.82, 2.24) is 9.80 Å². The molecule has 0 spiro atoms. The van der Waals surface area contributed by atoms with Crippen LogP contribution >= 0.6 is 23.2 Å². The Kier molecular flexibility index (Phi) is 8.01. The quantitative estimate of drug-likeness (QED) is 0.356. The molecule has 3 aromatic rings. The minimum atomic E-state index is -0.918. The molecule has 0 amide bonds. The van der Waals surface area contributed by atoms with Crippen LogP contribution in [-0.4, -0.2) is 51.3 Å². The van der Waals surface area contributed by atoms with Gasteiger partial charge in [0.25, 0.3) is 0 Å². The van der Waals surface area contributed by atoms with E-state index in [1.807, 2.05) is 30.3 Å². The number of phenols is 1. The SMILES string of the molecule is Oc1c(F)cc(CN2CCC(O)(c3ccc(Cl)cc3)CC2)cc1CN1CCC(O)(c2ccc(Cl)cc2)CC1. The second kappa shape index (κ2) is 11.1. The Bertz CT molecular complexity index is 1250. The van der Waals surface area contributed by atoms with Gasteiger partial charge in [0.2, 0.25) is 0 Å². The van der Waals surface area contributed by atoms with Gasteiger partial charge in [-0.25, -0.2) is 4.39 Å². The monoisotopic (exact) mass is 558 g/mol. The molecule has 0 atom stereocenters. The van der Waals surface area contributed by atoms with Gasteiger partial charge in [-0.2, -0.15) is 0 Å². The Balaban J connectivity index is 1.20. The number of hydrogen-bond donors (Lipinski definition) is 3. The molecule has 0 unspecified atom stereocenters. The van der Waals surface area contributed by atoms with Gasteiger partial charge in [-0.15, -0.1) is 0 Å². The summed E-state index contributed by atoms with van der Waals surface area (Å²) in [7, 11) is 0. The molecule has 0 radical (unpaired) electrons. The molecule has 8 heteroatoms. The first-order chi connectivity index (χ1) is 18.1. The lowest BCUT2D eigenvalue weighted by atomic mass is 9.84. The molecule has 2 aliphatic rings. The molecule has 0 aliphatic carbocycles. The van der Waals surface area contributed by atoms with Crippen molar-refractivity contribution in [3.63, 3.8) is 0 Å². The number of benzene rings is 3. The van der Waals surface area contributed by atoms with Gasteiger partial charge in [-0.1, -0.05) is 47.5 Å². The number of piperidine rings is 2. The van der Waals surface area contributed by atoms with E-state index in [4.69, 9.17) is 23.2 Å². The second-order valence-corrected chi connectivity index (χ2v) is 11.6. The number of halogens is 3. The van der Waals surface area contributed by atoms with Gasteiger partial charge in [0.15, 0.2) is 11.6 Å². The van der Waals surface area contributed by atoms with E-state index in [1.165, 1.54) is 6.07 Å². The zero-order chi connectivity index (χ0) is 26.9. The van der Waals surface area contributed by atoms with Gasteiger partial charge >= 0.3 is 0 Å². The molecule has 0 aromatic heterocycles. The summed E-state index contributed by atoms with van der Waals surface area (Å²) in [6.07, 6.45) is 2.24. The van der Waals surface area contributed by atoms with Crippen molar-refractivity contribution in [3.05, 3.63) is 98.8 Å². The minimum Gasteiger partial charge on any atom is -0.505 e. The standard InChI is InChI=1S/C30H33Cl2FN2O3/c31-25-5-1-23(2-6-25)29(37)9-13-34(14-10-29)19-21-17-22(28(36)27(33)18-21)20-35-15-11-30(38,12-16-35)24-3-7-26(32)8-4-24/h1-8,17-18,36-38H,9-16,19-20H2. The summed E-state index contributed by atoms with van der Waals surface area (Å²) in [5.74, 6) is -0.940. The number of phenolic OH excluding ortho intramolecular Hbond substituents is 1. The summed E-state index contributed by atoms with van der Waals surface area (Å²) in [5, 5.41) is 34.0. The van der Waals surface area contributed by atoms with Crippen molar-refractivity contribution in [2.75, 3.05) is 26.2 Å². The van der Waals surface area contributed by atoms with E-state index in [2.05, 4.69) is 9.80 Å². The molecule has 202 valence electrons. The highest BCUT2D eigenvalue weighted by Gasteiger charge is 2.35. The van der Waals surface area contributed by atoms with Gasteiger partial charge in [0.1, 0.15) is 0 Å². The van der Waals surface area contributed by atoms with Gasteiger partial charge in [0.05, 0.1) is 11.2 Å². The highest BCUT2D eigenvalue weighted by molar-refractivity contribution is 6.30. The predicted octanol–water partition coefficient (Wildman–Crippen LogP) is 5.81. The molecule has 0 saturated carbocycles. The van der Waals surface area contributed by atoms with Crippen LogP contribution < -0.4 is 0 Å². The normalized spacial score (nSPS) is 19.9. The van der Waals surface area contributed by atoms with Crippen LogP contribution in [0.2, 0.25) is 10.0 Å². The van der Waals surface area contributed by atoms with Crippen molar-refractivity contribution in [3.8, 4) is 5.75 Å². The molecule has 0 bridgehead atoms. The first-order valence-electron chi connectivity index (χ1n) is 13.1. The maximum Gasteiger partial charge on any atom is 0.165 e. The lowest BCUT2D eigenvalue weighted by Gasteiger charge is -2.39. The predicted molar refractivity (Wildman–Crippen MR) is 148 cm³/mol. The Morgan fingerprint density at radius 3 is 1.55 bits per heavy atom. The van der Waals surface area contributed by atoms with Crippen LogP contribution in [0.5, 0.6) is 5.75 Å². The van der Waals surface area contributed by atoms with Crippen LogP contribution in [0.25, 0.3) is 0 Å². The fourth-order valence-corrected chi connectivity index (χ4v) is 5.94. The fourth-order valence-electron chi connectivity index (χ4n) is 5.69. The molecule has 2 aliphatic heterocycles.